The summed E-state index contributed by atoms with van der Waals surface area (Å²) in [5.74, 6) is 2.83. The molecule has 3 nitrogen and oxygen atoms in total. The van der Waals surface area contributed by atoms with Crippen LogP contribution in [0, 0.1) is 0 Å². The minimum Gasteiger partial charge on any atom is -0.314 e. The Bertz CT molecular complexity index is 270. The van der Waals surface area contributed by atoms with Crippen molar-refractivity contribution in [3.8, 4) is 0 Å². The summed E-state index contributed by atoms with van der Waals surface area (Å²) >= 11 is 5.75. The number of rotatable bonds is 4. The molecule has 0 aromatic carbocycles. The molecule has 0 saturated carbocycles. The van der Waals surface area contributed by atoms with Gasteiger partial charge in [0.25, 0.3) is 0 Å². The van der Waals surface area contributed by atoms with Crippen LogP contribution in [0.25, 0.3) is 0 Å². The standard InChI is InChI=1S/C9H16ClN3/c1-4-7(3)9-12-11-8(6-10)13(9)5-2/h7H,4-6H2,1-3H3. The fraction of sp³-hybridized carbons (Fsp3) is 0.778. The molecule has 0 spiro atoms. The van der Waals surface area contributed by atoms with Crippen molar-refractivity contribution in [2.75, 3.05) is 0 Å². The van der Waals surface area contributed by atoms with E-state index in [1.54, 1.807) is 0 Å². The van der Waals surface area contributed by atoms with Gasteiger partial charge in [-0.25, -0.2) is 0 Å². The lowest BCUT2D eigenvalue weighted by Crippen LogP contribution is -2.07. The van der Waals surface area contributed by atoms with E-state index in [0.717, 1.165) is 24.6 Å². The lowest BCUT2D eigenvalue weighted by molar-refractivity contribution is 0.598. The Morgan fingerprint density at radius 1 is 1.38 bits per heavy atom. The molecule has 74 valence electrons. The number of hydrogen-bond donors (Lipinski definition) is 0. The molecule has 0 radical (unpaired) electrons. The molecule has 0 fully saturated rings. The summed E-state index contributed by atoms with van der Waals surface area (Å²) in [6.45, 7) is 7.30. The lowest BCUT2D eigenvalue weighted by Gasteiger charge is -2.10. The van der Waals surface area contributed by atoms with Gasteiger partial charge in [0.1, 0.15) is 11.6 Å². The molecule has 0 aliphatic carbocycles. The molecule has 1 unspecified atom stereocenters. The van der Waals surface area contributed by atoms with Crippen LogP contribution in [0.1, 0.15) is 44.8 Å². The summed E-state index contributed by atoms with van der Waals surface area (Å²) in [6, 6.07) is 0. The van der Waals surface area contributed by atoms with Gasteiger partial charge in [-0.05, 0) is 13.3 Å². The molecule has 1 heterocycles. The molecule has 0 aliphatic heterocycles. The quantitative estimate of drug-likeness (QED) is 0.701. The summed E-state index contributed by atoms with van der Waals surface area (Å²) in [4.78, 5) is 0. The highest BCUT2D eigenvalue weighted by Gasteiger charge is 2.14. The third kappa shape index (κ3) is 2.02. The lowest BCUT2D eigenvalue weighted by atomic mass is 10.1. The van der Waals surface area contributed by atoms with Crippen LogP contribution in [0.5, 0.6) is 0 Å². The molecule has 4 heteroatoms. The molecule has 1 atom stereocenters. The van der Waals surface area contributed by atoms with Crippen LogP contribution in [0.4, 0.5) is 0 Å². The first-order chi connectivity index (χ1) is 6.24. The van der Waals surface area contributed by atoms with E-state index < -0.39 is 0 Å². The monoisotopic (exact) mass is 201 g/mol. The molecule has 0 aliphatic rings. The molecule has 0 N–H and O–H groups in total. The highest BCUT2D eigenvalue weighted by atomic mass is 35.5. The highest BCUT2D eigenvalue weighted by molar-refractivity contribution is 6.16. The van der Waals surface area contributed by atoms with E-state index in [2.05, 4.69) is 35.5 Å². The summed E-state index contributed by atoms with van der Waals surface area (Å²) in [5, 5.41) is 8.21. The molecule has 0 saturated heterocycles. The third-order valence-electron chi connectivity index (χ3n) is 2.34. The number of alkyl halides is 1. The average Bonchev–Trinajstić information content (AvgIpc) is 2.58. The predicted molar refractivity (Wildman–Crippen MR) is 54.0 cm³/mol. The van der Waals surface area contributed by atoms with Gasteiger partial charge in [0.05, 0.1) is 5.88 Å². The molecule has 1 aromatic heterocycles. The molecule has 1 aromatic rings. The minimum atomic E-state index is 0.442. The van der Waals surface area contributed by atoms with Gasteiger partial charge >= 0.3 is 0 Å². The Hall–Kier alpha value is -0.570. The van der Waals surface area contributed by atoms with Crippen molar-refractivity contribution < 1.29 is 0 Å². The zero-order valence-electron chi connectivity index (χ0n) is 8.42. The SMILES string of the molecule is CCC(C)c1nnc(CCl)n1CC. The van der Waals surface area contributed by atoms with Gasteiger partial charge in [0.15, 0.2) is 0 Å². The van der Waals surface area contributed by atoms with E-state index >= 15 is 0 Å². The Morgan fingerprint density at radius 3 is 2.54 bits per heavy atom. The van der Waals surface area contributed by atoms with E-state index in [4.69, 9.17) is 11.6 Å². The van der Waals surface area contributed by atoms with E-state index in [1.807, 2.05) is 0 Å². The Balaban J connectivity index is 3.00. The van der Waals surface area contributed by atoms with Crippen molar-refractivity contribution in [1.29, 1.82) is 0 Å². The van der Waals surface area contributed by atoms with Crippen molar-refractivity contribution in [2.24, 2.45) is 0 Å². The van der Waals surface area contributed by atoms with Crippen LogP contribution in [-0.2, 0) is 12.4 Å². The van der Waals surface area contributed by atoms with Crippen molar-refractivity contribution in [3.63, 3.8) is 0 Å². The van der Waals surface area contributed by atoms with Crippen molar-refractivity contribution in [1.82, 2.24) is 14.8 Å². The maximum Gasteiger partial charge on any atom is 0.147 e. The smallest absolute Gasteiger partial charge is 0.147 e. The van der Waals surface area contributed by atoms with Crippen LogP contribution in [0.15, 0.2) is 0 Å². The molecule has 13 heavy (non-hydrogen) atoms. The third-order valence-corrected chi connectivity index (χ3v) is 2.58. The second-order valence-electron chi connectivity index (χ2n) is 3.16. The predicted octanol–water partition coefficient (Wildman–Crippen LogP) is 2.55. The fourth-order valence-corrected chi connectivity index (χ4v) is 1.54. The molecule has 0 bridgehead atoms. The van der Waals surface area contributed by atoms with Gasteiger partial charge in [-0.2, -0.15) is 0 Å². The van der Waals surface area contributed by atoms with E-state index in [9.17, 15) is 0 Å². The van der Waals surface area contributed by atoms with E-state index in [0.29, 0.717) is 11.8 Å². The summed E-state index contributed by atoms with van der Waals surface area (Å²) in [6.07, 6.45) is 1.08. The highest BCUT2D eigenvalue weighted by Crippen LogP contribution is 2.17. The first kappa shape index (κ1) is 10.5. The normalized spacial score (nSPS) is 13.2. The van der Waals surface area contributed by atoms with Gasteiger partial charge < -0.3 is 4.57 Å². The van der Waals surface area contributed by atoms with Crippen LogP contribution >= 0.6 is 11.6 Å². The molecular weight excluding hydrogens is 186 g/mol. The molecule has 0 amide bonds. The van der Waals surface area contributed by atoms with Crippen molar-refractivity contribution >= 4 is 11.6 Å². The Morgan fingerprint density at radius 2 is 2.08 bits per heavy atom. The second kappa shape index (κ2) is 4.61. The number of nitrogens with zero attached hydrogens (tertiary/aromatic N) is 3. The minimum absolute atomic E-state index is 0.442. The summed E-state index contributed by atoms with van der Waals surface area (Å²) in [7, 11) is 0. The van der Waals surface area contributed by atoms with Crippen LogP contribution in [0.3, 0.4) is 0 Å². The fourth-order valence-electron chi connectivity index (χ4n) is 1.34. The number of halogens is 1. The van der Waals surface area contributed by atoms with Gasteiger partial charge in [-0.3, -0.25) is 0 Å². The van der Waals surface area contributed by atoms with Gasteiger partial charge in [0, 0.05) is 12.5 Å². The zero-order chi connectivity index (χ0) is 9.84. The van der Waals surface area contributed by atoms with Gasteiger partial charge in [0.2, 0.25) is 0 Å². The first-order valence-electron chi connectivity index (χ1n) is 4.72. The Kier molecular flexibility index (Phi) is 3.72. The van der Waals surface area contributed by atoms with E-state index in [1.165, 1.54) is 0 Å². The maximum absolute atomic E-state index is 5.75. The second-order valence-corrected chi connectivity index (χ2v) is 3.43. The van der Waals surface area contributed by atoms with Crippen LogP contribution in [0.2, 0.25) is 0 Å². The summed E-state index contributed by atoms with van der Waals surface area (Å²) < 4.78 is 2.10. The number of hydrogen-bond acceptors (Lipinski definition) is 2. The molecular formula is C9H16ClN3. The van der Waals surface area contributed by atoms with E-state index in [-0.39, 0.29) is 0 Å². The van der Waals surface area contributed by atoms with Crippen molar-refractivity contribution in [2.45, 2.75) is 45.5 Å². The van der Waals surface area contributed by atoms with Gasteiger partial charge in [-0.1, -0.05) is 13.8 Å². The van der Waals surface area contributed by atoms with Crippen LogP contribution in [-0.4, -0.2) is 14.8 Å². The molecule has 1 rings (SSSR count). The number of aromatic nitrogens is 3. The average molecular weight is 202 g/mol. The van der Waals surface area contributed by atoms with Crippen LogP contribution < -0.4 is 0 Å². The first-order valence-corrected chi connectivity index (χ1v) is 5.25. The topological polar surface area (TPSA) is 30.7 Å². The maximum atomic E-state index is 5.75. The Labute approximate surface area is 84.1 Å². The summed E-state index contributed by atoms with van der Waals surface area (Å²) in [5.41, 5.74) is 0. The largest absolute Gasteiger partial charge is 0.314 e. The zero-order valence-corrected chi connectivity index (χ0v) is 9.17. The van der Waals surface area contributed by atoms with Gasteiger partial charge in [-0.15, -0.1) is 21.8 Å². The van der Waals surface area contributed by atoms with Crippen molar-refractivity contribution in [3.05, 3.63) is 11.6 Å².